The van der Waals surface area contributed by atoms with Gasteiger partial charge in [-0.2, -0.15) is 0 Å². The molecular weight excluding hydrogens is 431 g/mol. The summed E-state index contributed by atoms with van der Waals surface area (Å²) in [7, 11) is 0. The third-order valence-electron chi connectivity index (χ3n) is 3.94. The molecule has 1 aromatic carbocycles. The Hall–Kier alpha value is 0.290. The van der Waals surface area contributed by atoms with E-state index in [1.165, 1.54) is 0 Å². The number of hydrogen-bond donors (Lipinski definition) is 1. The number of benzene rings is 1. The third kappa shape index (κ3) is 2.55. The second kappa shape index (κ2) is 5.82. The first-order valence-corrected chi connectivity index (χ1v) is 8.73. The van der Waals surface area contributed by atoms with Crippen molar-refractivity contribution in [1.29, 1.82) is 0 Å². The second-order valence-corrected chi connectivity index (χ2v) is 8.13. The number of alkyl halides is 3. The van der Waals surface area contributed by atoms with E-state index in [1.54, 1.807) is 12.1 Å². The Morgan fingerprint density at radius 2 is 1.90 bits per heavy atom. The van der Waals surface area contributed by atoms with Gasteiger partial charge < -0.3 is 5.32 Å². The highest BCUT2D eigenvalue weighted by molar-refractivity contribution is 14.1. The van der Waals surface area contributed by atoms with Crippen molar-refractivity contribution in [2.45, 2.75) is 34.6 Å². The molecule has 1 aliphatic carbocycles. The standard InChI is InChI=1S/C14H15Cl3INO/c1-3-13(11(18)14(13,16)17)12(20)19-8(2)9-4-6-10(15)7-5-9/h4-8,11H,3H2,1-2H3,(H,19,20). The third-order valence-corrected chi connectivity index (χ3v) is 8.04. The fraction of sp³-hybridized carbons (Fsp3) is 0.500. The molecule has 0 radical (unpaired) electrons. The highest BCUT2D eigenvalue weighted by atomic mass is 127. The van der Waals surface area contributed by atoms with Crippen LogP contribution in [0.1, 0.15) is 31.9 Å². The average Bonchev–Trinajstić information content (AvgIpc) is 2.84. The molecule has 20 heavy (non-hydrogen) atoms. The fourth-order valence-corrected chi connectivity index (χ4v) is 5.42. The molecule has 0 bridgehead atoms. The van der Waals surface area contributed by atoms with Crippen molar-refractivity contribution in [3.8, 4) is 0 Å². The molecule has 2 rings (SSSR count). The maximum atomic E-state index is 12.5. The molecule has 1 aromatic rings. The van der Waals surface area contributed by atoms with Crippen LogP contribution in [0.4, 0.5) is 0 Å². The van der Waals surface area contributed by atoms with Crippen LogP contribution in [-0.2, 0) is 4.79 Å². The van der Waals surface area contributed by atoms with Crippen LogP contribution in [0.2, 0.25) is 5.02 Å². The van der Waals surface area contributed by atoms with Gasteiger partial charge in [0.25, 0.3) is 0 Å². The van der Waals surface area contributed by atoms with E-state index in [4.69, 9.17) is 34.8 Å². The van der Waals surface area contributed by atoms with Gasteiger partial charge in [-0.05, 0) is 31.0 Å². The zero-order valence-corrected chi connectivity index (χ0v) is 15.5. The van der Waals surface area contributed by atoms with Crippen LogP contribution in [0, 0.1) is 5.41 Å². The quantitative estimate of drug-likeness (QED) is 0.517. The lowest BCUT2D eigenvalue weighted by Gasteiger charge is -2.20. The van der Waals surface area contributed by atoms with E-state index >= 15 is 0 Å². The Balaban J connectivity index is 2.11. The Kier molecular flexibility index (Phi) is 4.85. The van der Waals surface area contributed by atoms with Crippen molar-refractivity contribution < 1.29 is 4.79 Å². The molecule has 0 spiro atoms. The molecule has 1 aliphatic rings. The second-order valence-electron chi connectivity index (χ2n) is 5.06. The van der Waals surface area contributed by atoms with Crippen LogP contribution in [0.5, 0.6) is 0 Å². The number of carbonyl (C=O) groups is 1. The Bertz CT molecular complexity index is 520. The molecule has 0 aliphatic heterocycles. The molecular formula is C14H15Cl3INO. The van der Waals surface area contributed by atoms with E-state index in [0.29, 0.717) is 11.4 Å². The number of nitrogens with one attached hydrogen (secondary N) is 1. The van der Waals surface area contributed by atoms with Crippen LogP contribution in [0.15, 0.2) is 24.3 Å². The predicted molar refractivity (Wildman–Crippen MR) is 93.0 cm³/mol. The smallest absolute Gasteiger partial charge is 0.230 e. The topological polar surface area (TPSA) is 29.1 Å². The molecule has 1 N–H and O–H groups in total. The van der Waals surface area contributed by atoms with Crippen molar-refractivity contribution in [1.82, 2.24) is 5.32 Å². The van der Waals surface area contributed by atoms with Crippen LogP contribution < -0.4 is 5.32 Å². The lowest BCUT2D eigenvalue weighted by molar-refractivity contribution is -0.127. The molecule has 3 atom stereocenters. The molecule has 1 saturated carbocycles. The summed E-state index contributed by atoms with van der Waals surface area (Å²) < 4.78 is -1.05. The summed E-state index contributed by atoms with van der Waals surface area (Å²) in [6, 6.07) is 7.29. The minimum Gasteiger partial charge on any atom is -0.349 e. The minimum absolute atomic E-state index is 0.0710. The molecule has 3 unspecified atom stereocenters. The van der Waals surface area contributed by atoms with Gasteiger partial charge in [-0.3, -0.25) is 4.79 Å². The van der Waals surface area contributed by atoms with Gasteiger partial charge in [-0.15, -0.1) is 0 Å². The monoisotopic (exact) mass is 445 g/mol. The number of hydrogen-bond acceptors (Lipinski definition) is 1. The van der Waals surface area contributed by atoms with Crippen LogP contribution >= 0.6 is 57.4 Å². The van der Waals surface area contributed by atoms with Crippen molar-refractivity contribution in [2.24, 2.45) is 5.41 Å². The highest BCUT2D eigenvalue weighted by Gasteiger charge is 2.78. The van der Waals surface area contributed by atoms with E-state index in [9.17, 15) is 4.79 Å². The van der Waals surface area contributed by atoms with Crippen molar-refractivity contribution in [3.05, 3.63) is 34.9 Å². The first-order valence-electron chi connectivity index (χ1n) is 6.35. The van der Waals surface area contributed by atoms with E-state index < -0.39 is 9.75 Å². The summed E-state index contributed by atoms with van der Waals surface area (Å²) in [4.78, 5) is 12.5. The SMILES string of the molecule is CCC1(C(=O)NC(C)c2ccc(Cl)cc2)C(I)C1(Cl)Cl. The largest absolute Gasteiger partial charge is 0.349 e. The van der Waals surface area contributed by atoms with Gasteiger partial charge in [0.2, 0.25) is 5.91 Å². The maximum absolute atomic E-state index is 12.5. The van der Waals surface area contributed by atoms with Crippen molar-refractivity contribution in [3.63, 3.8) is 0 Å². The van der Waals surface area contributed by atoms with Gasteiger partial charge in [-0.1, -0.05) is 76.5 Å². The summed E-state index contributed by atoms with van der Waals surface area (Å²) in [6.45, 7) is 3.87. The van der Waals surface area contributed by atoms with Gasteiger partial charge in [0.1, 0.15) is 4.33 Å². The van der Waals surface area contributed by atoms with Crippen LogP contribution in [0.25, 0.3) is 0 Å². The average molecular weight is 447 g/mol. The lowest BCUT2D eigenvalue weighted by Crippen LogP contribution is -2.37. The molecule has 0 heterocycles. The maximum Gasteiger partial charge on any atom is 0.230 e. The zero-order valence-electron chi connectivity index (χ0n) is 11.1. The molecule has 110 valence electrons. The van der Waals surface area contributed by atoms with Gasteiger partial charge >= 0.3 is 0 Å². The lowest BCUT2D eigenvalue weighted by atomic mass is 10.0. The van der Waals surface area contributed by atoms with Gasteiger partial charge in [0.05, 0.1) is 15.4 Å². The first kappa shape index (κ1) is 16.7. The van der Waals surface area contributed by atoms with E-state index in [1.807, 2.05) is 26.0 Å². The van der Waals surface area contributed by atoms with Crippen molar-refractivity contribution >= 4 is 63.3 Å². The Labute approximate surface area is 147 Å². The zero-order chi connectivity index (χ0) is 15.1. The predicted octanol–water partition coefficient (Wildman–Crippen LogP) is 4.90. The summed E-state index contributed by atoms with van der Waals surface area (Å²) in [5.74, 6) is -0.0909. The number of carbonyl (C=O) groups excluding carboxylic acids is 1. The normalized spacial score (nSPS) is 28.8. The van der Waals surface area contributed by atoms with Gasteiger partial charge in [-0.25, -0.2) is 0 Å². The summed E-state index contributed by atoms with van der Waals surface area (Å²) >= 11 is 20.5. The van der Waals surface area contributed by atoms with Gasteiger partial charge in [0, 0.05) is 5.02 Å². The van der Waals surface area contributed by atoms with E-state index in [2.05, 4.69) is 27.9 Å². The summed E-state index contributed by atoms with van der Waals surface area (Å²) in [6.07, 6.45) is 0.618. The number of rotatable bonds is 4. The molecule has 2 nitrogen and oxygen atoms in total. The van der Waals surface area contributed by atoms with Crippen LogP contribution in [0.3, 0.4) is 0 Å². The van der Waals surface area contributed by atoms with Crippen LogP contribution in [-0.4, -0.2) is 14.2 Å². The van der Waals surface area contributed by atoms with Gasteiger partial charge in [0.15, 0.2) is 0 Å². The Morgan fingerprint density at radius 1 is 1.40 bits per heavy atom. The Morgan fingerprint density at radius 3 is 2.30 bits per heavy atom. The fourth-order valence-electron chi connectivity index (χ4n) is 2.41. The highest BCUT2D eigenvalue weighted by Crippen LogP contribution is 2.70. The molecule has 1 fully saturated rings. The summed E-state index contributed by atoms with van der Waals surface area (Å²) in [5, 5.41) is 3.67. The molecule has 0 aromatic heterocycles. The van der Waals surface area contributed by atoms with E-state index in [-0.39, 0.29) is 15.9 Å². The molecule has 6 heteroatoms. The molecule has 1 amide bonds. The van der Waals surface area contributed by atoms with Crippen molar-refractivity contribution in [2.75, 3.05) is 0 Å². The number of amides is 1. The first-order chi connectivity index (χ1) is 9.27. The number of halogens is 4. The minimum atomic E-state index is -0.980. The van der Waals surface area contributed by atoms with E-state index in [0.717, 1.165) is 5.56 Å². The summed E-state index contributed by atoms with van der Waals surface area (Å²) in [5.41, 5.74) is 0.298. The molecule has 0 saturated heterocycles.